The second-order valence-electron chi connectivity index (χ2n) is 5.84. The number of thiazole rings is 1. The van der Waals surface area contributed by atoms with Crippen LogP contribution in [0.5, 0.6) is 11.5 Å². The molecule has 0 amide bonds. The minimum atomic E-state index is -0.641. The van der Waals surface area contributed by atoms with Crippen LogP contribution in [0.25, 0.3) is 10.3 Å². The van der Waals surface area contributed by atoms with E-state index in [1.165, 1.54) is 11.3 Å². The second-order valence-corrected chi connectivity index (χ2v) is 6.84. The standard InChI is InChI=1S/C18H15N5O3S/c1-21-18-23-16-14(27-18)13-12(17(24)22-16)11(10(7-19)15(20)26-13)8-3-5-9(25-2)6-4-8/h3-6,11H,20H2,1-2H3,(H2,21,22,23,24). The third-order valence-electron chi connectivity index (χ3n) is 4.39. The number of anilines is 1. The van der Waals surface area contributed by atoms with Crippen molar-refractivity contribution >= 4 is 26.8 Å². The predicted molar refractivity (Wildman–Crippen MR) is 102 cm³/mol. The van der Waals surface area contributed by atoms with Gasteiger partial charge < -0.3 is 25.5 Å². The van der Waals surface area contributed by atoms with Crippen molar-refractivity contribution in [1.29, 1.82) is 5.26 Å². The Morgan fingerprint density at radius 3 is 2.78 bits per heavy atom. The maximum absolute atomic E-state index is 12.9. The van der Waals surface area contributed by atoms with Crippen LogP contribution in [0, 0.1) is 11.3 Å². The Kier molecular flexibility index (Phi) is 3.97. The number of benzene rings is 1. The molecule has 2 aromatic heterocycles. The summed E-state index contributed by atoms with van der Waals surface area (Å²) in [6, 6.07) is 9.24. The molecule has 4 rings (SSSR count). The number of nitrogens with one attached hydrogen (secondary N) is 2. The van der Waals surface area contributed by atoms with Crippen molar-refractivity contribution in [2.75, 3.05) is 19.5 Å². The van der Waals surface area contributed by atoms with Crippen LogP contribution in [0.4, 0.5) is 5.13 Å². The molecule has 1 atom stereocenters. The quantitative estimate of drug-likeness (QED) is 0.635. The topological polar surface area (TPSA) is 126 Å². The Morgan fingerprint density at radius 2 is 2.15 bits per heavy atom. The number of nitriles is 1. The predicted octanol–water partition coefficient (Wildman–Crippen LogP) is 2.25. The van der Waals surface area contributed by atoms with Crippen molar-refractivity contribution in [1.82, 2.24) is 9.97 Å². The van der Waals surface area contributed by atoms with Gasteiger partial charge in [-0.3, -0.25) is 4.79 Å². The van der Waals surface area contributed by atoms with Crippen molar-refractivity contribution in [3.63, 3.8) is 0 Å². The molecule has 0 saturated carbocycles. The van der Waals surface area contributed by atoms with E-state index < -0.39 is 5.92 Å². The highest BCUT2D eigenvalue weighted by atomic mass is 32.1. The summed E-state index contributed by atoms with van der Waals surface area (Å²) in [5, 5.41) is 13.2. The van der Waals surface area contributed by atoms with Crippen molar-refractivity contribution in [3.8, 4) is 17.6 Å². The number of rotatable bonds is 3. The molecule has 136 valence electrons. The van der Waals surface area contributed by atoms with E-state index in [9.17, 15) is 10.1 Å². The highest BCUT2D eigenvalue weighted by molar-refractivity contribution is 7.22. The fourth-order valence-electron chi connectivity index (χ4n) is 3.13. The lowest BCUT2D eigenvalue weighted by Gasteiger charge is -2.25. The summed E-state index contributed by atoms with van der Waals surface area (Å²) in [6.07, 6.45) is 0. The lowest BCUT2D eigenvalue weighted by atomic mass is 9.84. The Morgan fingerprint density at radius 1 is 1.41 bits per heavy atom. The van der Waals surface area contributed by atoms with Gasteiger partial charge in [-0.1, -0.05) is 23.5 Å². The van der Waals surface area contributed by atoms with Crippen LogP contribution < -0.4 is 26.1 Å². The molecule has 27 heavy (non-hydrogen) atoms. The van der Waals surface area contributed by atoms with E-state index in [2.05, 4.69) is 21.4 Å². The lowest BCUT2D eigenvalue weighted by Crippen LogP contribution is -2.27. The van der Waals surface area contributed by atoms with Crippen LogP contribution >= 0.6 is 11.3 Å². The van der Waals surface area contributed by atoms with Gasteiger partial charge in [0, 0.05) is 7.05 Å². The first-order chi connectivity index (χ1) is 13.1. The molecule has 0 fully saturated rings. The Bertz CT molecular complexity index is 1170. The number of fused-ring (bicyclic) bond motifs is 3. The zero-order chi connectivity index (χ0) is 19.1. The summed E-state index contributed by atoms with van der Waals surface area (Å²) in [5.74, 6) is 0.354. The van der Waals surface area contributed by atoms with Gasteiger partial charge in [0.05, 0.1) is 18.6 Å². The van der Waals surface area contributed by atoms with Gasteiger partial charge in [0.25, 0.3) is 5.56 Å². The molecule has 4 N–H and O–H groups in total. The Labute approximate surface area is 157 Å². The number of pyridine rings is 1. The molecular formula is C18H15N5O3S. The SMILES string of the molecule is CNc1nc2[nH]c(=O)c3c(c2s1)OC(N)=C(C#N)C3c1ccc(OC)cc1. The number of aromatic nitrogens is 2. The fourth-order valence-corrected chi connectivity index (χ4v) is 4.00. The maximum Gasteiger partial charge on any atom is 0.257 e. The van der Waals surface area contributed by atoms with Gasteiger partial charge in [-0.15, -0.1) is 0 Å². The minimum Gasteiger partial charge on any atom is -0.497 e. The van der Waals surface area contributed by atoms with E-state index >= 15 is 0 Å². The van der Waals surface area contributed by atoms with Gasteiger partial charge >= 0.3 is 0 Å². The molecule has 0 bridgehead atoms. The highest BCUT2D eigenvalue weighted by Gasteiger charge is 2.35. The van der Waals surface area contributed by atoms with Crippen molar-refractivity contribution in [2.45, 2.75) is 5.92 Å². The molecule has 0 aliphatic carbocycles. The number of ether oxygens (including phenoxy) is 2. The number of nitrogens with two attached hydrogens (primary N) is 1. The number of methoxy groups -OCH3 is 1. The lowest BCUT2D eigenvalue weighted by molar-refractivity contribution is 0.397. The smallest absolute Gasteiger partial charge is 0.257 e. The number of nitrogens with zero attached hydrogens (tertiary/aromatic N) is 2. The number of hydrogen-bond acceptors (Lipinski definition) is 8. The molecule has 1 aromatic carbocycles. The number of aromatic amines is 1. The molecular weight excluding hydrogens is 366 g/mol. The monoisotopic (exact) mass is 381 g/mol. The van der Waals surface area contributed by atoms with Gasteiger partial charge in [0.1, 0.15) is 22.1 Å². The van der Waals surface area contributed by atoms with Crippen LogP contribution in [0.3, 0.4) is 0 Å². The number of allylic oxidation sites excluding steroid dienone is 1. The minimum absolute atomic E-state index is 0.0166. The van der Waals surface area contributed by atoms with Crippen molar-refractivity contribution in [3.05, 3.63) is 57.2 Å². The molecule has 1 unspecified atom stereocenters. The average Bonchev–Trinajstić information content (AvgIpc) is 3.10. The van der Waals surface area contributed by atoms with E-state index in [0.29, 0.717) is 32.5 Å². The Hall–Kier alpha value is -3.51. The molecule has 0 radical (unpaired) electrons. The molecule has 3 aromatic rings. The summed E-state index contributed by atoms with van der Waals surface area (Å²) < 4.78 is 11.6. The first kappa shape index (κ1) is 16.9. The van der Waals surface area contributed by atoms with E-state index in [4.69, 9.17) is 15.2 Å². The summed E-state index contributed by atoms with van der Waals surface area (Å²) in [5.41, 5.74) is 7.35. The van der Waals surface area contributed by atoms with E-state index in [1.807, 2.05) is 0 Å². The van der Waals surface area contributed by atoms with Crippen molar-refractivity contribution < 1.29 is 9.47 Å². The maximum atomic E-state index is 12.9. The fraction of sp³-hybridized carbons (Fsp3) is 0.167. The number of H-pyrrole nitrogens is 1. The molecule has 0 spiro atoms. The van der Waals surface area contributed by atoms with Crippen LogP contribution in [0.1, 0.15) is 17.0 Å². The molecule has 3 heterocycles. The van der Waals surface area contributed by atoms with Crippen molar-refractivity contribution in [2.24, 2.45) is 5.73 Å². The van der Waals surface area contributed by atoms with Gasteiger partial charge in [-0.05, 0) is 17.7 Å². The normalized spacial score (nSPS) is 15.8. The first-order valence-corrected chi connectivity index (χ1v) is 8.85. The molecule has 1 aliphatic heterocycles. The van der Waals surface area contributed by atoms with Gasteiger partial charge in [-0.25, -0.2) is 4.98 Å². The molecule has 8 nitrogen and oxygen atoms in total. The summed E-state index contributed by atoms with van der Waals surface area (Å²) >= 11 is 1.34. The zero-order valence-electron chi connectivity index (χ0n) is 14.5. The summed E-state index contributed by atoms with van der Waals surface area (Å²) in [4.78, 5) is 20.0. The van der Waals surface area contributed by atoms with E-state index in [0.717, 1.165) is 5.56 Å². The van der Waals surface area contributed by atoms with E-state index in [1.54, 1.807) is 38.4 Å². The van der Waals surface area contributed by atoms with Crippen LogP contribution in [0.2, 0.25) is 0 Å². The van der Waals surface area contributed by atoms with Crippen LogP contribution in [-0.4, -0.2) is 24.1 Å². The summed E-state index contributed by atoms with van der Waals surface area (Å²) in [7, 11) is 3.31. The molecule has 1 aliphatic rings. The summed E-state index contributed by atoms with van der Waals surface area (Å²) in [6.45, 7) is 0. The van der Waals surface area contributed by atoms with Gasteiger partial charge in [0.2, 0.25) is 5.88 Å². The largest absolute Gasteiger partial charge is 0.497 e. The molecule has 0 saturated heterocycles. The number of hydrogen-bond donors (Lipinski definition) is 3. The zero-order valence-corrected chi connectivity index (χ0v) is 15.3. The molecule has 9 heteroatoms. The van der Waals surface area contributed by atoms with Crippen LogP contribution in [0.15, 0.2) is 40.5 Å². The average molecular weight is 381 g/mol. The third-order valence-corrected chi connectivity index (χ3v) is 5.46. The third kappa shape index (κ3) is 2.58. The highest BCUT2D eigenvalue weighted by Crippen LogP contribution is 2.45. The van der Waals surface area contributed by atoms with Gasteiger partial charge in [0.15, 0.2) is 16.5 Å². The first-order valence-electron chi connectivity index (χ1n) is 8.03. The van der Waals surface area contributed by atoms with Crippen LogP contribution in [-0.2, 0) is 0 Å². The second kappa shape index (κ2) is 6.34. The Balaban J connectivity index is 2.01. The van der Waals surface area contributed by atoms with Gasteiger partial charge in [-0.2, -0.15) is 5.26 Å². The van der Waals surface area contributed by atoms with E-state index in [-0.39, 0.29) is 17.0 Å².